The van der Waals surface area contributed by atoms with Crippen molar-refractivity contribution in [2.75, 3.05) is 26.2 Å². The van der Waals surface area contributed by atoms with Crippen LogP contribution in [0.3, 0.4) is 0 Å². The number of nitrogens with zero attached hydrogens (tertiary/aromatic N) is 2. The monoisotopic (exact) mass is 433 g/mol. The Bertz CT molecular complexity index is 914. The molecule has 1 aromatic rings. The van der Waals surface area contributed by atoms with Crippen LogP contribution in [-0.4, -0.2) is 57.3 Å². The summed E-state index contributed by atoms with van der Waals surface area (Å²) in [6, 6.07) is 6.70. The van der Waals surface area contributed by atoms with E-state index >= 15 is 0 Å². The van der Waals surface area contributed by atoms with Crippen LogP contribution in [-0.2, 0) is 24.3 Å². The maximum Gasteiger partial charge on any atom is 0.306 e. The molecule has 0 radical (unpaired) electrons. The molecule has 162 valence electrons. The van der Waals surface area contributed by atoms with E-state index in [2.05, 4.69) is 22.9 Å². The number of nitrogens with one attached hydrogen (secondary N) is 1. The zero-order valence-electron chi connectivity index (χ0n) is 16.9. The highest BCUT2D eigenvalue weighted by Gasteiger charge is 2.29. The fraction of sp³-hybridized carbons (Fsp3) is 0.381. The Morgan fingerprint density at radius 3 is 2.50 bits per heavy atom. The Labute approximate surface area is 177 Å². The van der Waals surface area contributed by atoms with Gasteiger partial charge in [0.15, 0.2) is 6.61 Å². The number of benzene rings is 1. The van der Waals surface area contributed by atoms with Crippen molar-refractivity contribution in [2.24, 2.45) is 4.99 Å². The Balaban J connectivity index is 1.67. The van der Waals surface area contributed by atoms with Crippen molar-refractivity contribution < 1.29 is 22.7 Å². The van der Waals surface area contributed by atoms with Crippen LogP contribution in [0.15, 0.2) is 59.5 Å². The van der Waals surface area contributed by atoms with Crippen molar-refractivity contribution in [1.82, 2.24) is 9.62 Å². The first-order valence-electron chi connectivity index (χ1n) is 9.71. The van der Waals surface area contributed by atoms with E-state index in [-0.39, 0.29) is 23.8 Å². The van der Waals surface area contributed by atoms with Gasteiger partial charge in [-0.3, -0.25) is 19.3 Å². The Morgan fingerprint density at radius 2 is 1.80 bits per heavy atom. The number of amidine groups is 1. The van der Waals surface area contributed by atoms with Gasteiger partial charge in [0.25, 0.3) is 15.9 Å². The minimum Gasteiger partial charge on any atom is -0.456 e. The molecule has 1 heterocycles. The predicted octanol–water partition coefficient (Wildman–Crippen LogP) is 2.03. The molecule has 0 aromatic heterocycles. The molecule has 2 rings (SSSR count). The first-order valence-corrected chi connectivity index (χ1v) is 11.2. The van der Waals surface area contributed by atoms with Gasteiger partial charge < -0.3 is 9.64 Å². The summed E-state index contributed by atoms with van der Waals surface area (Å²) in [5.41, 5.74) is 0.577. The summed E-state index contributed by atoms with van der Waals surface area (Å²) in [7, 11) is -3.52. The van der Waals surface area contributed by atoms with Gasteiger partial charge >= 0.3 is 5.97 Å². The smallest absolute Gasteiger partial charge is 0.306 e. The van der Waals surface area contributed by atoms with Gasteiger partial charge in [-0.15, -0.1) is 13.2 Å². The highest BCUT2D eigenvalue weighted by atomic mass is 32.2. The number of aliphatic imine (C=N–C) groups is 1. The van der Waals surface area contributed by atoms with Crippen LogP contribution in [0.2, 0.25) is 0 Å². The normalized spacial score (nSPS) is 15.1. The predicted molar refractivity (Wildman–Crippen MR) is 115 cm³/mol. The molecule has 0 saturated carbocycles. The molecule has 1 aromatic carbocycles. The third-order valence-electron chi connectivity index (χ3n) is 4.38. The molecule has 0 atom stereocenters. The van der Waals surface area contributed by atoms with Crippen LogP contribution in [0.25, 0.3) is 0 Å². The maximum atomic E-state index is 12.0. The molecule has 1 aliphatic heterocycles. The summed E-state index contributed by atoms with van der Waals surface area (Å²) in [5.74, 6) is -0.366. The van der Waals surface area contributed by atoms with Crippen LogP contribution in [0.5, 0.6) is 0 Å². The lowest BCUT2D eigenvalue weighted by molar-refractivity contribution is -0.151. The standard InChI is InChI=1S/C21H27N3O5S/c1-3-14-24(15-4-2)19(25)16-29-20(26)12-6-5-9-13-22-21-17-10-7-8-11-18(17)30(27,28)23-21/h3-4,7-8,10-11H,1-2,5-6,9,12-16H2,(H,22,23). The average Bonchev–Trinajstić information content (AvgIpc) is 2.99. The van der Waals surface area contributed by atoms with E-state index in [0.717, 1.165) is 6.42 Å². The van der Waals surface area contributed by atoms with Crippen LogP contribution in [0.1, 0.15) is 31.2 Å². The zero-order chi connectivity index (χ0) is 22.0. The molecule has 0 saturated heterocycles. The first kappa shape index (κ1) is 23.3. The molecule has 0 fully saturated rings. The number of sulfonamides is 1. The second-order valence-corrected chi connectivity index (χ2v) is 8.33. The second kappa shape index (κ2) is 11.3. The Kier molecular flexibility index (Phi) is 8.79. The number of hydrogen-bond donors (Lipinski definition) is 1. The van der Waals surface area contributed by atoms with Crippen molar-refractivity contribution in [3.05, 3.63) is 55.1 Å². The highest BCUT2D eigenvalue weighted by Crippen LogP contribution is 2.22. The summed E-state index contributed by atoms with van der Waals surface area (Å²) >= 11 is 0. The SMILES string of the molecule is C=CCN(CC=C)C(=O)COC(=O)CCCCCN=C1NS(=O)(=O)c2ccccc21. The van der Waals surface area contributed by atoms with Crippen molar-refractivity contribution in [3.8, 4) is 0 Å². The van der Waals surface area contributed by atoms with E-state index in [1.807, 2.05) is 0 Å². The molecule has 1 amide bonds. The molecular weight excluding hydrogens is 406 g/mol. The number of rotatable bonds is 12. The molecule has 0 spiro atoms. The summed E-state index contributed by atoms with van der Waals surface area (Å²) < 4.78 is 31.5. The fourth-order valence-electron chi connectivity index (χ4n) is 2.90. The molecule has 30 heavy (non-hydrogen) atoms. The minimum atomic E-state index is -3.52. The molecule has 1 N–H and O–H groups in total. The van der Waals surface area contributed by atoms with Gasteiger partial charge in [0.2, 0.25) is 0 Å². The van der Waals surface area contributed by atoms with Gasteiger partial charge in [-0.1, -0.05) is 30.7 Å². The molecule has 9 heteroatoms. The number of amides is 1. The van der Waals surface area contributed by atoms with E-state index in [0.29, 0.717) is 43.9 Å². The van der Waals surface area contributed by atoms with Crippen LogP contribution >= 0.6 is 0 Å². The topological polar surface area (TPSA) is 105 Å². The number of unbranched alkanes of at least 4 members (excludes halogenated alkanes) is 2. The van der Waals surface area contributed by atoms with Crippen molar-refractivity contribution >= 4 is 27.7 Å². The number of hydrogen-bond acceptors (Lipinski definition) is 6. The Hall–Kier alpha value is -2.94. The molecule has 0 bridgehead atoms. The minimum absolute atomic E-state index is 0.211. The third kappa shape index (κ3) is 6.55. The summed E-state index contributed by atoms with van der Waals surface area (Å²) in [4.78, 5) is 29.9. The third-order valence-corrected chi connectivity index (χ3v) is 5.78. The number of fused-ring (bicyclic) bond motifs is 1. The molecular formula is C21H27N3O5S. The van der Waals surface area contributed by atoms with Gasteiger partial charge in [-0.05, 0) is 25.0 Å². The van der Waals surface area contributed by atoms with Crippen LogP contribution < -0.4 is 4.72 Å². The second-order valence-electron chi connectivity index (χ2n) is 6.68. The first-order chi connectivity index (χ1) is 14.4. The molecule has 8 nitrogen and oxygen atoms in total. The van der Waals surface area contributed by atoms with Gasteiger partial charge in [0.05, 0.1) is 4.90 Å². The number of carbonyl (C=O) groups is 2. The lowest BCUT2D eigenvalue weighted by Gasteiger charge is -2.18. The fourth-order valence-corrected chi connectivity index (χ4v) is 4.15. The van der Waals surface area contributed by atoms with E-state index in [9.17, 15) is 18.0 Å². The van der Waals surface area contributed by atoms with Gasteiger partial charge in [0, 0.05) is 31.6 Å². The van der Waals surface area contributed by atoms with Gasteiger partial charge in [-0.25, -0.2) is 8.42 Å². The number of ether oxygens (including phenoxy) is 1. The van der Waals surface area contributed by atoms with Crippen molar-refractivity contribution in [2.45, 2.75) is 30.6 Å². The summed E-state index contributed by atoms with van der Waals surface area (Å²) in [6.45, 7) is 8.06. The largest absolute Gasteiger partial charge is 0.456 e. The molecule has 1 aliphatic rings. The number of esters is 1. The quantitative estimate of drug-likeness (QED) is 0.308. The van der Waals surface area contributed by atoms with Gasteiger partial charge in [0.1, 0.15) is 5.84 Å². The maximum absolute atomic E-state index is 12.0. The van der Waals surface area contributed by atoms with E-state index in [1.54, 1.807) is 36.4 Å². The van der Waals surface area contributed by atoms with E-state index < -0.39 is 16.0 Å². The van der Waals surface area contributed by atoms with Crippen molar-refractivity contribution in [1.29, 1.82) is 0 Å². The summed E-state index contributed by atoms with van der Waals surface area (Å²) in [5, 5.41) is 0. The van der Waals surface area contributed by atoms with Crippen molar-refractivity contribution in [3.63, 3.8) is 0 Å². The molecule has 0 aliphatic carbocycles. The van der Waals surface area contributed by atoms with E-state index in [4.69, 9.17) is 4.74 Å². The molecule has 0 unspecified atom stereocenters. The Morgan fingerprint density at radius 1 is 1.10 bits per heavy atom. The van der Waals surface area contributed by atoms with Gasteiger partial charge in [-0.2, -0.15) is 0 Å². The zero-order valence-corrected chi connectivity index (χ0v) is 17.7. The highest BCUT2D eigenvalue weighted by molar-refractivity contribution is 7.90. The lowest BCUT2D eigenvalue weighted by Crippen LogP contribution is -2.34. The van der Waals surface area contributed by atoms with E-state index in [1.165, 1.54) is 4.90 Å². The average molecular weight is 434 g/mol. The number of carbonyl (C=O) groups excluding carboxylic acids is 2. The lowest BCUT2D eigenvalue weighted by atomic mass is 10.2. The van der Waals surface area contributed by atoms with Crippen LogP contribution in [0.4, 0.5) is 0 Å². The van der Waals surface area contributed by atoms with Crippen LogP contribution in [0, 0.1) is 0 Å². The summed E-state index contributed by atoms with van der Waals surface area (Å²) in [6.07, 6.45) is 5.44.